The summed E-state index contributed by atoms with van der Waals surface area (Å²) in [6.07, 6.45) is 1.30. The number of halogens is 1. The lowest BCUT2D eigenvalue weighted by Gasteiger charge is -2.21. The van der Waals surface area contributed by atoms with Crippen molar-refractivity contribution >= 4 is 5.69 Å². The van der Waals surface area contributed by atoms with Crippen LogP contribution in [0.2, 0.25) is 0 Å². The van der Waals surface area contributed by atoms with Crippen molar-refractivity contribution in [2.24, 2.45) is 5.92 Å². The van der Waals surface area contributed by atoms with Gasteiger partial charge in [-0.1, -0.05) is 6.92 Å². The number of hydrogen-bond donors (Lipinski definition) is 1. The standard InChI is InChI=1S/C14H21FN2/c1-11-9-12(2)17(10-11)8-7-16-14-5-3-13(15)4-6-14/h3-6,11-12,16H,7-10H2,1-2H3. The van der Waals surface area contributed by atoms with E-state index in [1.165, 1.54) is 25.1 Å². The number of likely N-dealkylation sites (tertiary alicyclic amines) is 1. The lowest BCUT2D eigenvalue weighted by Crippen LogP contribution is -2.32. The molecular weight excluding hydrogens is 215 g/mol. The smallest absolute Gasteiger partial charge is 0.123 e. The van der Waals surface area contributed by atoms with Crippen LogP contribution in [0.3, 0.4) is 0 Å². The van der Waals surface area contributed by atoms with Crippen LogP contribution in [-0.4, -0.2) is 30.6 Å². The number of rotatable bonds is 4. The molecule has 0 spiro atoms. The molecule has 1 heterocycles. The first-order chi connectivity index (χ1) is 8.15. The van der Waals surface area contributed by atoms with Crippen LogP contribution in [0.5, 0.6) is 0 Å². The van der Waals surface area contributed by atoms with E-state index in [9.17, 15) is 4.39 Å². The van der Waals surface area contributed by atoms with E-state index in [4.69, 9.17) is 0 Å². The third-order valence-corrected chi connectivity index (χ3v) is 3.49. The summed E-state index contributed by atoms with van der Waals surface area (Å²) in [5.41, 5.74) is 0.992. The summed E-state index contributed by atoms with van der Waals surface area (Å²) >= 11 is 0. The van der Waals surface area contributed by atoms with Crippen LogP contribution in [0.15, 0.2) is 24.3 Å². The van der Waals surface area contributed by atoms with Crippen LogP contribution in [0, 0.1) is 11.7 Å². The lowest BCUT2D eigenvalue weighted by atomic mass is 10.1. The fourth-order valence-electron chi connectivity index (χ4n) is 2.61. The SMILES string of the molecule is CC1CC(C)N(CCNc2ccc(F)cc2)C1. The summed E-state index contributed by atoms with van der Waals surface area (Å²) < 4.78 is 12.7. The minimum absolute atomic E-state index is 0.183. The highest BCUT2D eigenvalue weighted by Crippen LogP contribution is 2.21. The second kappa shape index (κ2) is 5.50. The Balaban J connectivity index is 1.74. The monoisotopic (exact) mass is 236 g/mol. The predicted octanol–water partition coefficient (Wildman–Crippen LogP) is 2.97. The molecule has 0 saturated carbocycles. The maximum atomic E-state index is 12.7. The molecule has 1 aromatic carbocycles. The second-order valence-corrected chi connectivity index (χ2v) is 5.12. The fraction of sp³-hybridized carbons (Fsp3) is 0.571. The highest BCUT2D eigenvalue weighted by atomic mass is 19.1. The second-order valence-electron chi connectivity index (χ2n) is 5.12. The van der Waals surface area contributed by atoms with E-state index in [2.05, 4.69) is 24.1 Å². The van der Waals surface area contributed by atoms with Crippen LogP contribution in [0.1, 0.15) is 20.3 Å². The van der Waals surface area contributed by atoms with E-state index >= 15 is 0 Å². The highest BCUT2D eigenvalue weighted by Gasteiger charge is 2.24. The van der Waals surface area contributed by atoms with Gasteiger partial charge < -0.3 is 5.32 Å². The summed E-state index contributed by atoms with van der Waals surface area (Å²) in [6, 6.07) is 7.24. The van der Waals surface area contributed by atoms with Crippen molar-refractivity contribution in [2.75, 3.05) is 25.0 Å². The highest BCUT2D eigenvalue weighted by molar-refractivity contribution is 5.42. The first-order valence-electron chi connectivity index (χ1n) is 6.38. The van der Waals surface area contributed by atoms with E-state index in [1.54, 1.807) is 12.1 Å². The normalized spacial score (nSPS) is 25.1. The van der Waals surface area contributed by atoms with E-state index in [-0.39, 0.29) is 5.82 Å². The molecule has 0 radical (unpaired) electrons. The third kappa shape index (κ3) is 3.43. The first-order valence-corrected chi connectivity index (χ1v) is 6.38. The van der Waals surface area contributed by atoms with Gasteiger partial charge in [0.25, 0.3) is 0 Å². The fourth-order valence-corrected chi connectivity index (χ4v) is 2.61. The average molecular weight is 236 g/mol. The quantitative estimate of drug-likeness (QED) is 0.864. The lowest BCUT2D eigenvalue weighted by molar-refractivity contribution is 0.275. The molecule has 2 unspecified atom stereocenters. The zero-order valence-electron chi connectivity index (χ0n) is 10.6. The van der Waals surface area contributed by atoms with E-state index in [1.807, 2.05) is 0 Å². The summed E-state index contributed by atoms with van der Waals surface area (Å²) in [6.45, 7) is 7.78. The van der Waals surface area contributed by atoms with Crippen molar-refractivity contribution in [3.8, 4) is 0 Å². The molecule has 0 aliphatic carbocycles. The van der Waals surface area contributed by atoms with Gasteiger partial charge in [-0.3, -0.25) is 4.90 Å². The molecule has 0 aromatic heterocycles. The van der Waals surface area contributed by atoms with E-state index in [0.717, 1.165) is 24.7 Å². The number of hydrogen-bond acceptors (Lipinski definition) is 2. The molecule has 1 N–H and O–H groups in total. The number of nitrogens with zero attached hydrogens (tertiary/aromatic N) is 1. The van der Waals surface area contributed by atoms with Gasteiger partial charge in [-0.15, -0.1) is 0 Å². The first kappa shape index (κ1) is 12.4. The zero-order valence-corrected chi connectivity index (χ0v) is 10.6. The number of anilines is 1. The number of nitrogens with one attached hydrogen (secondary N) is 1. The average Bonchev–Trinajstić information content (AvgIpc) is 2.60. The zero-order chi connectivity index (χ0) is 12.3. The van der Waals surface area contributed by atoms with Crippen molar-refractivity contribution < 1.29 is 4.39 Å². The Hall–Kier alpha value is -1.09. The molecule has 1 fully saturated rings. The minimum Gasteiger partial charge on any atom is -0.384 e. The van der Waals surface area contributed by atoms with Crippen molar-refractivity contribution in [2.45, 2.75) is 26.3 Å². The summed E-state index contributed by atoms with van der Waals surface area (Å²) in [5, 5.41) is 3.33. The Morgan fingerprint density at radius 3 is 2.59 bits per heavy atom. The van der Waals surface area contributed by atoms with Gasteiger partial charge in [-0.25, -0.2) is 4.39 Å². The van der Waals surface area contributed by atoms with Gasteiger partial charge in [0.1, 0.15) is 5.82 Å². The Morgan fingerprint density at radius 2 is 2.00 bits per heavy atom. The van der Waals surface area contributed by atoms with Crippen LogP contribution in [0.25, 0.3) is 0 Å². The molecule has 1 aliphatic heterocycles. The van der Waals surface area contributed by atoms with E-state index < -0.39 is 0 Å². The Kier molecular flexibility index (Phi) is 4.00. The van der Waals surface area contributed by atoms with Gasteiger partial charge in [0.05, 0.1) is 0 Å². The molecule has 1 aliphatic rings. The van der Waals surface area contributed by atoms with Gasteiger partial charge in [0, 0.05) is 31.4 Å². The van der Waals surface area contributed by atoms with Gasteiger partial charge in [-0.2, -0.15) is 0 Å². The molecule has 1 aromatic rings. The Labute approximate surface area is 103 Å². The van der Waals surface area contributed by atoms with E-state index in [0.29, 0.717) is 6.04 Å². The van der Waals surface area contributed by atoms with Gasteiger partial charge in [-0.05, 0) is 43.5 Å². The molecule has 2 rings (SSSR count). The molecule has 2 nitrogen and oxygen atoms in total. The summed E-state index contributed by atoms with van der Waals surface area (Å²) in [7, 11) is 0. The van der Waals surface area contributed by atoms with Gasteiger partial charge >= 0.3 is 0 Å². The van der Waals surface area contributed by atoms with Crippen LogP contribution >= 0.6 is 0 Å². The maximum Gasteiger partial charge on any atom is 0.123 e. The molecule has 3 heteroatoms. The molecule has 94 valence electrons. The summed E-state index contributed by atoms with van der Waals surface area (Å²) in [5.74, 6) is 0.633. The molecule has 2 atom stereocenters. The third-order valence-electron chi connectivity index (χ3n) is 3.49. The Bertz CT molecular complexity index is 350. The van der Waals surface area contributed by atoms with Crippen molar-refractivity contribution in [3.05, 3.63) is 30.1 Å². The van der Waals surface area contributed by atoms with Crippen LogP contribution in [0.4, 0.5) is 10.1 Å². The van der Waals surface area contributed by atoms with Crippen LogP contribution < -0.4 is 5.32 Å². The minimum atomic E-state index is -0.183. The molecule has 0 bridgehead atoms. The topological polar surface area (TPSA) is 15.3 Å². The molecular formula is C14H21FN2. The van der Waals surface area contributed by atoms with Crippen molar-refractivity contribution in [3.63, 3.8) is 0 Å². The molecule has 17 heavy (non-hydrogen) atoms. The predicted molar refractivity (Wildman–Crippen MR) is 69.7 cm³/mol. The van der Waals surface area contributed by atoms with Crippen LogP contribution in [-0.2, 0) is 0 Å². The largest absolute Gasteiger partial charge is 0.384 e. The van der Waals surface area contributed by atoms with Gasteiger partial charge in [0.2, 0.25) is 0 Å². The molecule has 1 saturated heterocycles. The van der Waals surface area contributed by atoms with Gasteiger partial charge in [0.15, 0.2) is 0 Å². The van der Waals surface area contributed by atoms with Crippen molar-refractivity contribution in [1.29, 1.82) is 0 Å². The molecule has 0 amide bonds. The Morgan fingerprint density at radius 1 is 1.29 bits per heavy atom. The summed E-state index contributed by atoms with van der Waals surface area (Å²) in [4.78, 5) is 2.52. The maximum absolute atomic E-state index is 12.7. The van der Waals surface area contributed by atoms with Crippen molar-refractivity contribution in [1.82, 2.24) is 4.90 Å². The number of benzene rings is 1.